The largest absolute Gasteiger partial charge is 0.488 e. The van der Waals surface area contributed by atoms with Gasteiger partial charge in [0, 0.05) is 24.6 Å². The van der Waals surface area contributed by atoms with E-state index in [4.69, 9.17) is 9.47 Å². The van der Waals surface area contributed by atoms with Gasteiger partial charge in [0.2, 0.25) is 0 Å². The van der Waals surface area contributed by atoms with Crippen LogP contribution >= 0.6 is 0 Å². The van der Waals surface area contributed by atoms with Crippen molar-refractivity contribution < 1.29 is 14.3 Å². The minimum atomic E-state index is -0.329. The lowest BCUT2D eigenvalue weighted by atomic mass is 10.0. The number of aryl methyl sites for hydroxylation is 1. The molecule has 0 fully saturated rings. The van der Waals surface area contributed by atoms with Crippen LogP contribution in [0.25, 0.3) is 0 Å². The van der Waals surface area contributed by atoms with Crippen molar-refractivity contribution in [3.8, 4) is 11.5 Å². The van der Waals surface area contributed by atoms with Crippen LogP contribution in [0.2, 0.25) is 0 Å². The van der Waals surface area contributed by atoms with Crippen LogP contribution in [0.3, 0.4) is 0 Å². The summed E-state index contributed by atoms with van der Waals surface area (Å²) in [6.07, 6.45) is 2.63. The number of unbranched alkanes of at least 4 members (excludes halogenated alkanes) is 1. The molecule has 3 rings (SSSR count). The molecule has 1 aromatic heterocycles. The van der Waals surface area contributed by atoms with E-state index in [1.165, 1.54) is 16.8 Å². The molecule has 0 unspecified atom stereocenters. The number of hydrogen-bond acceptors (Lipinski definition) is 5. The van der Waals surface area contributed by atoms with E-state index in [-0.39, 0.29) is 22.8 Å². The number of fused-ring (bicyclic) bond motifs is 1. The molecule has 0 saturated carbocycles. The molecule has 1 aromatic carbocycles. The second kappa shape index (κ2) is 8.46. The Morgan fingerprint density at radius 3 is 2.93 bits per heavy atom. The van der Waals surface area contributed by atoms with E-state index in [2.05, 4.69) is 10.4 Å². The average molecular weight is 385 g/mol. The van der Waals surface area contributed by atoms with Gasteiger partial charge in [0.25, 0.3) is 11.5 Å². The van der Waals surface area contributed by atoms with Gasteiger partial charge in [-0.1, -0.05) is 25.5 Å². The van der Waals surface area contributed by atoms with Gasteiger partial charge in [-0.05, 0) is 32.4 Å². The lowest BCUT2D eigenvalue weighted by Gasteiger charge is -2.18. The Labute approximate surface area is 164 Å². The van der Waals surface area contributed by atoms with Crippen LogP contribution in [0, 0.1) is 0 Å². The van der Waals surface area contributed by atoms with Gasteiger partial charge in [0.05, 0.1) is 6.54 Å². The summed E-state index contributed by atoms with van der Waals surface area (Å²) in [6.45, 7) is 7.27. The van der Waals surface area contributed by atoms with E-state index in [0.29, 0.717) is 25.4 Å². The highest BCUT2D eigenvalue weighted by Gasteiger charge is 2.32. The van der Waals surface area contributed by atoms with Crippen molar-refractivity contribution >= 4 is 5.91 Å². The van der Waals surface area contributed by atoms with E-state index < -0.39 is 0 Å². The highest BCUT2D eigenvalue weighted by atomic mass is 16.5. The molecule has 28 heavy (non-hydrogen) atoms. The molecule has 0 atom stereocenters. The van der Waals surface area contributed by atoms with E-state index >= 15 is 0 Å². The van der Waals surface area contributed by atoms with Crippen molar-refractivity contribution in [2.45, 2.75) is 52.2 Å². The molecule has 0 spiro atoms. The van der Waals surface area contributed by atoms with Crippen LogP contribution in [0.4, 0.5) is 0 Å². The number of hydrogen-bond donors (Lipinski definition) is 1. The Kier molecular flexibility index (Phi) is 6.02. The van der Waals surface area contributed by atoms with Crippen LogP contribution in [0.5, 0.6) is 11.5 Å². The molecule has 1 aliphatic heterocycles. The minimum Gasteiger partial charge on any atom is -0.488 e. The molecule has 0 saturated heterocycles. The molecule has 0 radical (unpaired) electrons. The normalized spacial score (nSPS) is 14.2. The smallest absolute Gasteiger partial charge is 0.271 e. The lowest BCUT2D eigenvalue weighted by molar-refractivity contribution is 0.0938. The maximum atomic E-state index is 12.3. The molecule has 1 aliphatic rings. The number of amides is 1. The van der Waals surface area contributed by atoms with E-state index in [1.54, 1.807) is 0 Å². The quantitative estimate of drug-likeness (QED) is 0.706. The first kappa shape index (κ1) is 19.9. The first-order valence-electron chi connectivity index (χ1n) is 9.70. The summed E-state index contributed by atoms with van der Waals surface area (Å²) in [5, 5.41) is 6.91. The standard InChI is InChI=1S/C21H27N3O4/c1-4-5-12-24-18(25)10-9-16(23-24)20(26)22-11-13-27-17-8-6-7-15-14-21(2,3)28-19(15)17/h6-10H,4-5,11-14H2,1-3H3,(H,22,26). The van der Waals surface area contributed by atoms with Crippen LogP contribution in [-0.2, 0) is 13.0 Å². The van der Waals surface area contributed by atoms with Gasteiger partial charge in [0.1, 0.15) is 17.9 Å². The number of carbonyl (C=O) groups is 1. The van der Waals surface area contributed by atoms with Crippen LogP contribution in [0.15, 0.2) is 35.1 Å². The molecule has 2 heterocycles. The summed E-state index contributed by atoms with van der Waals surface area (Å²) in [4.78, 5) is 24.1. The van der Waals surface area contributed by atoms with Crippen LogP contribution < -0.4 is 20.3 Å². The fourth-order valence-electron chi connectivity index (χ4n) is 3.16. The van der Waals surface area contributed by atoms with E-state index in [1.807, 2.05) is 39.0 Å². The zero-order valence-electron chi connectivity index (χ0n) is 16.7. The molecule has 0 aliphatic carbocycles. The number of benzene rings is 1. The summed E-state index contributed by atoms with van der Waals surface area (Å²) < 4.78 is 13.1. The van der Waals surface area contributed by atoms with Crippen molar-refractivity contribution in [1.82, 2.24) is 15.1 Å². The number of nitrogens with zero attached hydrogens (tertiary/aromatic N) is 2. The molecule has 1 N–H and O–H groups in total. The van der Waals surface area contributed by atoms with Crippen molar-refractivity contribution in [1.29, 1.82) is 0 Å². The number of para-hydroxylation sites is 1. The predicted octanol–water partition coefficient (Wildman–Crippen LogP) is 2.57. The third-order valence-corrected chi connectivity index (χ3v) is 4.52. The average Bonchev–Trinajstić information content (AvgIpc) is 2.99. The molecule has 7 heteroatoms. The van der Waals surface area contributed by atoms with Crippen LogP contribution in [0.1, 0.15) is 49.7 Å². The van der Waals surface area contributed by atoms with Gasteiger partial charge < -0.3 is 14.8 Å². The Balaban J connectivity index is 1.53. The third-order valence-electron chi connectivity index (χ3n) is 4.52. The van der Waals surface area contributed by atoms with Gasteiger partial charge >= 0.3 is 0 Å². The monoisotopic (exact) mass is 385 g/mol. The molecule has 7 nitrogen and oxygen atoms in total. The fourth-order valence-corrected chi connectivity index (χ4v) is 3.16. The Morgan fingerprint density at radius 1 is 1.32 bits per heavy atom. The van der Waals surface area contributed by atoms with Crippen LogP contribution in [-0.4, -0.2) is 34.4 Å². The van der Waals surface area contributed by atoms with Gasteiger partial charge in [-0.15, -0.1) is 0 Å². The first-order valence-corrected chi connectivity index (χ1v) is 9.70. The van der Waals surface area contributed by atoms with Gasteiger partial charge in [-0.25, -0.2) is 4.68 Å². The third kappa shape index (κ3) is 4.71. The van der Waals surface area contributed by atoms with Gasteiger partial charge in [0.15, 0.2) is 11.5 Å². The van der Waals surface area contributed by atoms with Crippen molar-refractivity contribution in [3.05, 3.63) is 51.9 Å². The SMILES string of the molecule is CCCCn1nc(C(=O)NCCOc2cccc3c2OC(C)(C)C3)ccc1=O. The second-order valence-corrected chi connectivity index (χ2v) is 7.52. The summed E-state index contributed by atoms with van der Waals surface area (Å²) in [5.41, 5.74) is 0.920. The lowest BCUT2D eigenvalue weighted by Crippen LogP contribution is -2.32. The number of carbonyl (C=O) groups excluding carboxylic acids is 1. The number of ether oxygens (including phenoxy) is 2. The zero-order valence-corrected chi connectivity index (χ0v) is 16.7. The first-order chi connectivity index (χ1) is 13.4. The molecular formula is C21H27N3O4. The molecule has 2 aromatic rings. The second-order valence-electron chi connectivity index (χ2n) is 7.52. The maximum Gasteiger partial charge on any atom is 0.271 e. The molecule has 150 valence electrons. The van der Waals surface area contributed by atoms with Crippen molar-refractivity contribution in [2.24, 2.45) is 0 Å². The highest BCUT2D eigenvalue weighted by molar-refractivity contribution is 5.91. The summed E-state index contributed by atoms with van der Waals surface area (Å²) >= 11 is 0. The maximum absolute atomic E-state index is 12.3. The Hall–Kier alpha value is -2.83. The minimum absolute atomic E-state index is 0.200. The predicted molar refractivity (Wildman–Crippen MR) is 106 cm³/mol. The van der Waals surface area contributed by atoms with E-state index in [0.717, 1.165) is 30.6 Å². The fraction of sp³-hybridized carbons (Fsp3) is 0.476. The van der Waals surface area contributed by atoms with Crippen molar-refractivity contribution in [2.75, 3.05) is 13.2 Å². The van der Waals surface area contributed by atoms with Crippen molar-refractivity contribution in [3.63, 3.8) is 0 Å². The molecule has 0 bridgehead atoms. The zero-order chi connectivity index (χ0) is 20.1. The Morgan fingerprint density at radius 2 is 2.14 bits per heavy atom. The van der Waals surface area contributed by atoms with Gasteiger partial charge in [-0.3, -0.25) is 9.59 Å². The highest BCUT2D eigenvalue weighted by Crippen LogP contribution is 2.41. The van der Waals surface area contributed by atoms with Gasteiger partial charge in [-0.2, -0.15) is 5.10 Å². The summed E-state index contributed by atoms with van der Waals surface area (Å²) in [7, 11) is 0. The molecule has 1 amide bonds. The molecular weight excluding hydrogens is 358 g/mol. The summed E-state index contributed by atoms with van der Waals surface area (Å²) in [6, 6.07) is 8.67. The van der Waals surface area contributed by atoms with E-state index in [9.17, 15) is 9.59 Å². The number of nitrogens with one attached hydrogen (secondary N) is 1. The Bertz CT molecular complexity index is 905. The topological polar surface area (TPSA) is 82.5 Å². The number of aromatic nitrogens is 2. The number of rotatable bonds is 8. The summed E-state index contributed by atoms with van der Waals surface area (Å²) in [5.74, 6) is 1.14.